The molecule has 1 amide bonds. The number of nitrogens with zero attached hydrogens (tertiary/aromatic N) is 5. The smallest absolute Gasteiger partial charge is 0.333 e. The number of aromatic nitrogens is 5. The number of fused-ring (bicyclic) bond motifs is 1. The summed E-state index contributed by atoms with van der Waals surface area (Å²) in [5, 5.41) is 12.2. The first kappa shape index (κ1) is 28.7. The van der Waals surface area contributed by atoms with Crippen molar-refractivity contribution in [2.45, 2.75) is 77.8 Å². The number of rotatable bonds is 10. The number of aryl methyl sites for hydroxylation is 1. The van der Waals surface area contributed by atoms with Crippen molar-refractivity contribution in [3.63, 3.8) is 0 Å². The molecule has 1 aliphatic carbocycles. The Balaban J connectivity index is 1.77. The first-order valence-electron chi connectivity index (χ1n) is 13.4. The second kappa shape index (κ2) is 10.9. The lowest BCUT2D eigenvalue weighted by Gasteiger charge is -2.28. The monoisotopic (exact) mass is 584 g/mol. The molecule has 1 unspecified atom stereocenters. The maximum absolute atomic E-state index is 14.5. The molecule has 1 saturated carbocycles. The SMILES string of the molecule is COc1ccc(F)cc1C(Cn1c(=O)n(C(C)(C)C(=O)NC2CC2)c(=O)c2c(C)c(-n3nccn3)sc21)OC(C)C. The molecule has 3 aromatic heterocycles. The Kier molecular flexibility index (Phi) is 7.60. The van der Waals surface area contributed by atoms with Crippen molar-refractivity contribution in [1.29, 1.82) is 0 Å². The highest BCUT2D eigenvalue weighted by molar-refractivity contribution is 7.21. The van der Waals surface area contributed by atoms with Gasteiger partial charge in [0.25, 0.3) is 5.56 Å². The second-order valence-electron chi connectivity index (χ2n) is 10.9. The van der Waals surface area contributed by atoms with Gasteiger partial charge in [-0.2, -0.15) is 10.2 Å². The van der Waals surface area contributed by atoms with E-state index < -0.39 is 34.6 Å². The lowest BCUT2D eigenvalue weighted by Crippen LogP contribution is -2.56. The van der Waals surface area contributed by atoms with Gasteiger partial charge >= 0.3 is 5.69 Å². The average molecular weight is 585 g/mol. The van der Waals surface area contributed by atoms with E-state index in [0.717, 1.165) is 17.4 Å². The summed E-state index contributed by atoms with van der Waals surface area (Å²) in [6.45, 7) is 8.45. The highest BCUT2D eigenvalue weighted by Gasteiger charge is 2.38. The summed E-state index contributed by atoms with van der Waals surface area (Å²) < 4.78 is 28.6. The van der Waals surface area contributed by atoms with Gasteiger partial charge in [0.1, 0.15) is 33.0 Å². The number of methoxy groups -OCH3 is 1. The van der Waals surface area contributed by atoms with Crippen LogP contribution in [0.15, 0.2) is 40.2 Å². The lowest BCUT2D eigenvalue weighted by molar-refractivity contribution is -0.128. The third-order valence-electron chi connectivity index (χ3n) is 7.14. The zero-order valence-corrected chi connectivity index (χ0v) is 24.6. The van der Waals surface area contributed by atoms with E-state index in [-0.39, 0.29) is 24.1 Å². The number of thiophene rings is 1. The van der Waals surface area contributed by atoms with Crippen molar-refractivity contribution in [3.8, 4) is 10.8 Å². The Hall–Kier alpha value is -3.84. The summed E-state index contributed by atoms with van der Waals surface area (Å²) in [5.74, 6) is -0.520. The first-order valence-corrected chi connectivity index (χ1v) is 14.2. The number of nitrogens with one attached hydrogen (secondary N) is 1. The molecule has 0 spiro atoms. The van der Waals surface area contributed by atoms with Gasteiger partial charge in [-0.3, -0.25) is 14.2 Å². The normalized spacial score (nSPS) is 14.5. The Morgan fingerprint density at radius 2 is 1.90 bits per heavy atom. The molecule has 5 rings (SSSR count). The van der Waals surface area contributed by atoms with Gasteiger partial charge in [0.05, 0.1) is 37.5 Å². The fourth-order valence-corrected chi connectivity index (χ4v) is 6.08. The molecule has 218 valence electrons. The molecule has 1 aliphatic rings. The van der Waals surface area contributed by atoms with Crippen LogP contribution in [0.1, 0.15) is 57.8 Å². The number of benzene rings is 1. The van der Waals surface area contributed by atoms with E-state index in [1.807, 2.05) is 13.8 Å². The van der Waals surface area contributed by atoms with Gasteiger partial charge in [0.2, 0.25) is 5.91 Å². The van der Waals surface area contributed by atoms with Crippen molar-refractivity contribution < 1.29 is 18.7 Å². The first-order chi connectivity index (χ1) is 19.4. The molecule has 1 atom stereocenters. The van der Waals surface area contributed by atoms with Crippen molar-refractivity contribution >= 4 is 27.5 Å². The number of halogens is 1. The molecule has 13 heteroatoms. The predicted octanol–water partition coefficient (Wildman–Crippen LogP) is 3.44. The number of ether oxygens (including phenoxy) is 2. The van der Waals surface area contributed by atoms with Crippen LogP contribution in [0, 0.1) is 12.7 Å². The fourth-order valence-electron chi connectivity index (χ4n) is 4.86. The topological polar surface area (TPSA) is 122 Å². The van der Waals surface area contributed by atoms with Crippen LogP contribution in [-0.2, 0) is 21.6 Å². The van der Waals surface area contributed by atoms with Gasteiger partial charge in [-0.05, 0) is 65.7 Å². The molecular formula is C28H33FN6O5S. The van der Waals surface area contributed by atoms with Crippen molar-refractivity contribution in [2.24, 2.45) is 0 Å². The molecule has 0 bridgehead atoms. The molecule has 0 saturated heterocycles. The van der Waals surface area contributed by atoms with Gasteiger partial charge in [0.15, 0.2) is 0 Å². The summed E-state index contributed by atoms with van der Waals surface area (Å²) in [5.41, 5.74) is -1.80. The van der Waals surface area contributed by atoms with Crippen molar-refractivity contribution in [2.75, 3.05) is 7.11 Å². The van der Waals surface area contributed by atoms with Crippen LogP contribution in [0.5, 0.6) is 5.75 Å². The minimum Gasteiger partial charge on any atom is -0.496 e. The zero-order valence-electron chi connectivity index (χ0n) is 23.8. The van der Waals surface area contributed by atoms with Crippen molar-refractivity contribution in [3.05, 3.63) is 68.4 Å². The van der Waals surface area contributed by atoms with Crippen LogP contribution in [0.3, 0.4) is 0 Å². The minimum atomic E-state index is -1.50. The maximum atomic E-state index is 14.5. The fraction of sp³-hybridized carbons (Fsp3) is 0.464. The van der Waals surface area contributed by atoms with Crippen LogP contribution in [-0.4, -0.2) is 49.3 Å². The molecule has 0 aliphatic heterocycles. The number of amides is 1. The quantitative estimate of drug-likeness (QED) is 0.303. The van der Waals surface area contributed by atoms with E-state index >= 15 is 0 Å². The highest BCUT2D eigenvalue weighted by Crippen LogP contribution is 2.35. The van der Waals surface area contributed by atoms with Gasteiger partial charge in [-0.25, -0.2) is 13.8 Å². The lowest BCUT2D eigenvalue weighted by atomic mass is 10.0. The molecule has 3 heterocycles. The average Bonchev–Trinajstić information content (AvgIpc) is 3.42. The molecule has 0 radical (unpaired) electrons. The number of hydrogen-bond acceptors (Lipinski definition) is 8. The molecule has 1 fully saturated rings. The predicted molar refractivity (Wildman–Crippen MR) is 152 cm³/mol. The summed E-state index contributed by atoms with van der Waals surface area (Å²) in [6, 6.07) is 4.14. The summed E-state index contributed by atoms with van der Waals surface area (Å²) >= 11 is 1.18. The van der Waals surface area contributed by atoms with Crippen LogP contribution >= 0.6 is 11.3 Å². The van der Waals surface area contributed by atoms with E-state index in [9.17, 15) is 18.8 Å². The van der Waals surface area contributed by atoms with Crippen LogP contribution in [0.4, 0.5) is 4.39 Å². The minimum absolute atomic E-state index is 0.0353. The second-order valence-corrected chi connectivity index (χ2v) is 11.9. The third kappa shape index (κ3) is 5.31. The van der Waals surface area contributed by atoms with Crippen LogP contribution in [0.25, 0.3) is 15.2 Å². The molecule has 41 heavy (non-hydrogen) atoms. The van der Waals surface area contributed by atoms with E-state index in [0.29, 0.717) is 26.7 Å². The number of carbonyl (C=O) groups excluding carboxylic acids is 1. The van der Waals surface area contributed by atoms with E-state index in [2.05, 4.69) is 15.5 Å². The standard InChI is InChI=1S/C28H33FN6O5S/c1-15(2)40-21(19-13-17(29)7-10-20(19)39-6)14-33-25-22(16(3)24(41-25)35-30-11-12-31-35)23(36)34(27(33)38)28(4,5)26(37)32-18-8-9-18/h7,10-13,15,18,21H,8-9,14H2,1-6H3,(H,32,37). The Bertz CT molecular complexity index is 1720. The molecule has 1 aromatic carbocycles. The highest BCUT2D eigenvalue weighted by atomic mass is 32.1. The summed E-state index contributed by atoms with van der Waals surface area (Å²) in [4.78, 5) is 43.4. The maximum Gasteiger partial charge on any atom is 0.333 e. The van der Waals surface area contributed by atoms with Crippen molar-refractivity contribution in [1.82, 2.24) is 29.4 Å². The summed E-state index contributed by atoms with van der Waals surface area (Å²) in [7, 11) is 1.47. The van der Waals surface area contributed by atoms with Gasteiger partial charge < -0.3 is 14.8 Å². The van der Waals surface area contributed by atoms with E-state index in [1.54, 1.807) is 20.8 Å². The Morgan fingerprint density at radius 3 is 2.51 bits per heavy atom. The zero-order chi connectivity index (χ0) is 29.6. The van der Waals surface area contributed by atoms with Gasteiger partial charge in [-0.1, -0.05) is 11.3 Å². The Labute approximate surface area is 239 Å². The molecule has 1 N–H and O–H groups in total. The van der Waals surface area contributed by atoms with Crippen LogP contribution in [0.2, 0.25) is 0 Å². The molecular weight excluding hydrogens is 551 g/mol. The van der Waals surface area contributed by atoms with E-state index in [1.165, 1.54) is 58.4 Å². The largest absolute Gasteiger partial charge is 0.496 e. The van der Waals surface area contributed by atoms with Gasteiger partial charge in [0, 0.05) is 17.2 Å². The number of carbonyl (C=O) groups is 1. The van der Waals surface area contributed by atoms with E-state index in [4.69, 9.17) is 9.47 Å². The number of hydrogen-bond donors (Lipinski definition) is 1. The third-order valence-corrected chi connectivity index (χ3v) is 8.42. The molecule has 4 aromatic rings. The van der Waals surface area contributed by atoms with Gasteiger partial charge in [-0.15, -0.1) is 4.80 Å². The summed E-state index contributed by atoms with van der Waals surface area (Å²) in [6.07, 6.45) is 3.62. The Morgan fingerprint density at radius 1 is 1.22 bits per heavy atom. The van der Waals surface area contributed by atoms with Crippen LogP contribution < -0.4 is 21.3 Å². The molecule has 11 nitrogen and oxygen atoms in total.